The summed E-state index contributed by atoms with van der Waals surface area (Å²) in [5.74, 6) is -0.715. The van der Waals surface area contributed by atoms with E-state index in [0.717, 1.165) is 64.2 Å². The maximum Gasteiger partial charge on any atom is 0.249 e. The summed E-state index contributed by atoms with van der Waals surface area (Å²) < 4.78 is 11.1. The number of nitrogens with one attached hydrogen (secondary N) is 1. The maximum atomic E-state index is 13.2. The summed E-state index contributed by atoms with van der Waals surface area (Å²) in [5, 5.41) is 76.3. The Hall–Kier alpha value is -1.93. The van der Waals surface area contributed by atoms with Crippen molar-refractivity contribution in [1.82, 2.24) is 5.32 Å². The third-order valence-corrected chi connectivity index (χ3v) is 15.3. The Kier molecular flexibility index (Phi) is 50.9. The zero-order chi connectivity index (χ0) is 55.4. The normalized spacial score (nSPS) is 19.9. The van der Waals surface area contributed by atoms with Crippen LogP contribution in [-0.2, 0) is 14.3 Å². The first-order valence-corrected chi connectivity index (χ1v) is 32.0. The molecule has 0 aromatic rings. The predicted octanol–water partition coefficient (Wildman–Crippen LogP) is 14.4. The molecule has 0 aromatic carbocycles. The molecular formula is C65H121NO10. The number of hydrogen-bond donors (Lipinski definition) is 8. The minimum absolute atomic E-state index is 0.239. The number of aliphatic hydroxyl groups is 7. The zero-order valence-corrected chi connectivity index (χ0v) is 49.0. The van der Waals surface area contributed by atoms with Crippen LogP contribution in [0.25, 0.3) is 0 Å². The van der Waals surface area contributed by atoms with Gasteiger partial charge in [-0.05, 0) is 89.9 Å². The van der Waals surface area contributed by atoms with Crippen molar-refractivity contribution in [3.05, 3.63) is 48.6 Å². The first kappa shape index (κ1) is 72.1. The molecule has 1 aliphatic heterocycles. The smallest absolute Gasteiger partial charge is 0.249 e. The standard InChI is InChI=1S/C65H121NO10/c1-3-5-7-9-11-13-15-17-19-21-23-25-26-27-28-29-30-31-33-34-36-38-40-42-44-46-48-50-52-57(68)60(70)56(55-75-65-63(73)62(72)61(71)59(54-67)76-65)66-64(74)58(69)53-51-49-47-45-43-41-39-37-35-32-24-22-20-18-16-14-12-10-8-6-4-2/h30-31,35-38,44,46,56-63,65,67-73H,3-29,32-34,39-43,45,47-55H2,1-2H3,(H,66,74)/b31-30+,37-35-,38-36+,46-44+. The largest absolute Gasteiger partial charge is 0.394 e. The lowest BCUT2D eigenvalue weighted by atomic mass is 9.98. The van der Waals surface area contributed by atoms with Crippen LogP contribution in [0, 0.1) is 0 Å². The van der Waals surface area contributed by atoms with Crippen LogP contribution >= 0.6 is 0 Å². The van der Waals surface area contributed by atoms with Crippen molar-refractivity contribution in [2.75, 3.05) is 13.2 Å². The molecule has 0 saturated carbocycles. The SMILES string of the molecule is CCCCCCCCCCCCC/C=C\CCCCCCCCC(O)C(=O)NC(COC1OC(CO)C(O)C(O)C1O)C(O)C(O)CCC/C=C/CC/C=C/CC/C=C/CCCCCCCCCCCCCCCCC. The van der Waals surface area contributed by atoms with Gasteiger partial charge >= 0.3 is 0 Å². The molecule has 76 heavy (non-hydrogen) atoms. The summed E-state index contributed by atoms with van der Waals surface area (Å²) in [6.45, 7) is 3.46. The molecule has 0 radical (unpaired) electrons. The third-order valence-electron chi connectivity index (χ3n) is 15.3. The van der Waals surface area contributed by atoms with Gasteiger partial charge in [-0.15, -0.1) is 0 Å². The monoisotopic (exact) mass is 1080 g/mol. The summed E-state index contributed by atoms with van der Waals surface area (Å²) in [6.07, 6.45) is 57.5. The van der Waals surface area contributed by atoms with Crippen LogP contribution in [0.15, 0.2) is 48.6 Å². The molecule has 1 rings (SSSR count). The van der Waals surface area contributed by atoms with E-state index in [-0.39, 0.29) is 12.8 Å². The molecule has 1 saturated heterocycles. The van der Waals surface area contributed by atoms with Gasteiger partial charge in [0, 0.05) is 0 Å². The van der Waals surface area contributed by atoms with E-state index in [1.807, 2.05) is 0 Å². The zero-order valence-electron chi connectivity index (χ0n) is 49.0. The first-order valence-electron chi connectivity index (χ1n) is 32.0. The molecule has 9 atom stereocenters. The van der Waals surface area contributed by atoms with Crippen molar-refractivity contribution in [3.8, 4) is 0 Å². The van der Waals surface area contributed by atoms with Crippen molar-refractivity contribution in [2.24, 2.45) is 0 Å². The second-order valence-electron chi connectivity index (χ2n) is 22.5. The van der Waals surface area contributed by atoms with Crippen molar-refractivity contribution in [3.63, 3.8) is 0 Å². The number of carbonyl (C=O) groups is 1. The molecule has 9 unspecified atom stereocenters. The van der Waals surface area contributed by atoms with Gasteiger partial charge in [-0.3, -0.25) is 4.79 Å². The lowest BCUT2D eigenvalue weighted by Crippen LogP contribution is -2.60. The highest BCUT2D eigenvalue weighted by molar-refractivity contribution is 5.80. The Morgan fingerprint density at radius 2 is 0.789 bits per heavy atom. The number of aliphatic hydroxyl groups excluding tert-OH is 7. The van der Waals surface area contributed by atoms with Gasteiger partial charge in [0.2, 0.25) is 5.91 Å². The molecule has 11 nitrogen and oxygen atoms in total. The molecule has 11 heteroatoms. The van der Waals surface area contributed by atoms with Crippen molar-refractivity contribution < 1.29 is 50.0 Å². The second-order valence-corrected chi connectivity index (χ2v) is 22.5. The van der Waals surface area contributed by atoms with Gasteiger partial charge in [-0.25, -0.2) is 0 Å². The van der Waals surface area contributed by atoms with Crippen LogP contribution in [-0.4, -0.2) is 110 Å². The Bertz CT molecular complexity index is 1370. The number of rotatable bonds is 55. The number of carbonyl (C=O) groups excluding carboxylic acids is 1. The molecule has 446 valence electrons. The fraction of sp³-hybridized carbons (Fsp3) is 0.862. The first-order chi connectivity index (χ1) is 37.2. The van der Waals surface area contributed by atoms with E-state index in [0.29, 0.717) is 19.3 Å². The van der Waals surface area contributed by atoms with E-state index in [2.05, 4.69) is 67.8 Å². The topological polar surface area (TPSA) is 189 Å². The molecule has 1 heterocycles. The molecule has 1 amide bonds. The number of hydrogen-bond acceptors (Lipinski definition) is 10. The van der Waals surface area contributed by atoms with Crippen LogP contribution in [0.1, 0.15) is 290 Å². The highest BCUT2D eigenvalue weighted by Gasteiger charge is 2.44. The quantitative estimate of drug-likeness (QED) is 0.0215. The Balaban J connectivity index is 2.31. The molecule has 0 bridgehead atoms. The van der Waals surface area contributed by atoms with Crippen LogP contribution in [0.2, 0.25) is 0 Å². The second kappa shape index (κ2) is 53.7. The summed E-state index contributed by atoms with van der Waals surface area (Å²) in [6, 6.07) is -1.20. The van der Waals surface area contributed by atoms with E-state index >= 15 is 0 Å². The lowest BCUT2D eigenvalue weighted by molar-refractivity contribution is -0.303. The van der Waals surface area contributed by atoms with Crippen molar-refractivity contribution >= 4 is 5.91 Å². The number of allylic oxidation sites excluding steroid dienone is 8. The Morgan fingerprint density at radius 3 is 1.17 bits per heavy atom. The highest BCUT2D eigenvalue weighted by atomic mass is 16.7. The average Bonchev–Trinajstić information content (AvgIpc) is 3.42. The fourth-order valence-electron chi connectivity index (χ4n) is 10.1. The summed E-state index contributed by atoms with van der Waals surface area (Å²) in [7, 11) is 0. The van der Waals surface area contributed by atoms with E-state index in [1.165, 1.54) is 180 Å². The van der Waals surface area contributed by atoms with Gasteiger partial charge in [0.25, 0.3) is 0 Å². The minimum Gasteiger partial charge on any atom is -0.394 e. The van der Waals surface area contributed by atoms with Crippen LogP contribution < -0.4 is 5.32 Å². The summed E-state index contributed by atoms with van der Waals surface area (Å²) in [5.41, 5.74) is 0. The number of amides is 1. The van der Waals surface area contributed by atoms with Gasteiger partial charge in [0.1, 0.15) is 36.6 Å². The van der Waals surface area contributed by atoms with E-state index in [4.69, 9.17) is 9.47 Å². The van der Waals surface area contributed by atoms with E-state index in [9.17, 15) is 40.5 Å². The van der Waals surface area contributed by atoms with Gasteiger partial charge in [0.05, 0.1) is 25.4 Å². The molecule has 0 aromatic heterocycles. The Morgan fingerprint density at radius 1 is 0.447 bits per heavy atom. The number of ether oxygens (including phenoxy) is 2. The molecule has 8 N–H and O–H groups in total. The molecule has 0 spiro atoms. The van der Waals surface area contributed by atoms with Crippen LogP contribution in [0.3, 0.4) is 0 Å². The summed E-state index contributed by atoms with van der Waals surface area (Å²) >= 11 is 0. The van der Waals surface area contributed by atoms with Gasteiger partial charge in [0.15, 0.2) is 6.29 Å². The average molecular weight is 1080 g/mol. The maximum absolute atomic E-state index is 13.2. The molecule has 0 aliphatic carbocycles. The molecular weight excluding hydrogens is 955 g/mol. The van der Waals surface area contributed by atoms with E-state index < -0.39 is 74.2 Å². The van der Waals surface area contributed by atoms with Crippen LogP contribution in [0.4, 0.5) is 0 Å². The lowest BCUT2D eigenvalue weighted by Gasteiger charge is -2.40. The predicted molar refractivity (Wildman–Crippen MR) is 316 cm³/mol. The van der Waals surface area contributed by atoms with Crippen LogP contribution in [0.5, 0.6) is 0 Å². The van der Waals surface area contributed by atoms with Gasteiger partial charge in [-0.2, -0.15) is 0 Å². The molecule has 1 aliphatic rings. The number of unbranched alkanes of at least 4 members (excludes halogenated alkanes) is 35. The van der Waals surface area contributed by atoms with Gasteiger partial charge < -0.3 is 50.5 Å². The minimum atomic E-state index is -1.68. The fourth-order valence-corrected chi connectivity index (χ4v) is 10.1. The summed E-state index contributed by atoms with van der Waals surface area (Å²) in [4.78, 5) is 13.2. The van der Waals surface area contributed by atoms with Crippen molar-refractivity contribution in [1.29, 1.82) is 0 Å². The van der Waals surface area contributed by atoms with Gasteiger partial charge in [-0.1, -0.05) is 249 Å². The van der Waals surface area contributed by atoms with Crippen molar-refractivity contribution in [2.45, 2.75) is 345 Å². The Labute approximate surface area is 466 Å². The van der Waals surface area contributed by atoms with E-state index in [1.54, 1.807) is 0 Å². The third kappa shape index (κ3) is 41.1. The highest BCUT2D eigenvalue weighted by Crippen LogP contribution is 2.23. The molecule has 1 fully saturated rings.